The molecule has 1 aromatic rings. The third-order valence-corrected chi connectivity index (χ3v) is 5.66. The van der Waals surface area contributed by atoms with E-state index in [2.05, 4.69) is 0 Å². The van der Waals surface area contributed by atoms with E-state index in [1.165, 1.54) is 0 Å². The van der Waals surface area contributed by atoms with E-state index in [1.54, 1.807) is 11.8 Å². The Kier molecular flexibility index (Phi) is 3.29. The number of hydrogen-bond donors (Lipinski definition) is 1. The van der Waals surface area contributed by atoms with Gasteiger partial charge in [-0.15, -0.1) is 0 Å². The molecule has 110 valence electrons. The molecule has 0 amide bonds. The molecule has 2 atom stereocenters. The Morgan fingerprint density at radius 3 is 2.25 bits per heavy atom. The molecule has 2 unspecified atom stereocenters. The zero-order chi connectivity index (χ0) is 14.5. The van der Waals surface area contributed by atoms with Gasteiger partial charge in [-0.2, -0.15) is 24.9 Å². The number of halogens is 4. The molecule has 0 radical (unpaired) electrons. The highest BCUT2D eigenvalue weighted by Gasteiger charge is 2.45. The molecule has 0 aliphatic carbocycles. The molecule has 2 bridgehead atoms. The van der Waals surface area contributed by atoms with Gasteiger partial charge in [-0.3, -0.25) is 0 Å². The predicted octanol–water partition coefficient (Wildman–Crippen LogP) is 4.09. The molecule has 2 saturated heterocycles. The Labute approximate surface area is 118 Å². The van der Waals surface area contributed by atoms with Gasteiger partial charge in [-0.05, 0) is 49.4 Å². The van der Waals surface area contributed by atoms with E-state index in [-0.39, 0.29) is 16.1 Å². The van der Waals surface area contributed by atoms with Crippen molar-refractivity contribution in [2.45, 2.75) is 48.0 Å². The van der Waals surface area contributed by atoms with Crippen LogP contribution < -0.4 is 0 Å². The Hall–Kier alpha value is -0.750. The fourth-order valence-corrected chi connectivity index (χ4v) is 5.01. The van der Waals surface area contributed by atoms with Crippen molar-refractivity contribution in [3.8, 4) is 0 Å². The van der Waals surface area contributed by atoms with Gasteiger partial charge >= 0.3 is 6.18 Å². The minimum atomic E-state index is -4.60. The summed E-state index contributed by atoms with van der Waals surface area (Å²) in [6, 6.07) is 2.39. The Balaban J connectivity index is 1.99. The molecule has 1 N–H and O–H groups in total. The highest BCUT2D eigenvalue weighted by atomic mass is 32.2. The highest BCUT2D eigenvalue weighted by Crippen LogP contribution is 2.51. The average molecular weight is 306 g/mol. The summed E-state index contributed by atoms with van der Waals surface area (Å²) in [6.07, 6.45) is -1.86. The lowest BCUT2D eigenvalue weighted by molar-refractivity contribution is -0.138. The fraction of sp³-hybridized carbons (Fsp3) is 0.571. The van der Waals surface area contributed by atoms with Crippen LogP contribution in [-0.4, -0.2) is 15.6 Å². The second-order valence-corrected chi connectivity index (χ2v) is 7.23. The smallest absolute Gasteiger partial charge is 0.385 e. The number of alkyl halides is 3. The van der Waals surface area contributed by atoms with Crippen LogP contribution in [0.25, 0.3) is 0 Å². The van der Waals surface area contributed by atoms with E-state index in [1.807, 2.05) is 0 Å². The maximum Gasteiger partial charge on any atom is 0.416 e. The number of rotatable bonds is 1. The largest absolute Gasteiger partial charge is 0.416 e. The van der Waals surface area contributed by atoms with E-state index in [0.717, 1.165) is 25.0 Å². The summed E-state index contributed by atoms with van der Waals surface area (Å²) in [5.74, 6) is -0.950. The Morgan fingerprint density at radius 1 is 1.10 bits per heavy atom. The molecule has 2 aliphatic heterocycles. The minimum Gasteiger partial charge on any atom is -0.385 e. The summed E-state index contributed by atoms with van der Waals surface area (Å²) in [5.41, 5.74) is -2.31. The van der Waals surface area contributed by atoms with Crippen LogP contribution in [0.1, 0.15) is 36.8 Å². The van der Waals surface area contributed by atoms with Gasteiger partial charge < -0.3 is 5.11 Å². The normalized spacial score (nSPS) is 33.5. The van der Waals surface area contributed by atoms with Gasteiger partial charge in [0.15, 0.2) is 0 Å². The molecule has 2 aliphatic rings. The molecule has 0 aromatic heterocycles. The van der Waals surface area contributed by atoms with Crippen LogP contribution in [0.15, 0.2) is 18.2 Å². The topological polar surface area (TPSA) is 20.2 Å². The third kappa shape index (κ3) is 2.55. The van der Waals surface area contributed by atoms with Crippen molar-refractivity contribution in [1.82, 2.24) is 0 Å². The van der Waals surface area contributed by atoms with Crippen molar-refractivity contribution >= 4 is 11.8 Å². The first-order valence-corrected chi connectivity index (χ1v) is 7.47. The molecular weight excluding hydrogens is 292 g/mol. The summed E-state index contributed by atoms with van der Waals surface area (Å²) in [7, 11) is 0. The molecule has 2 fully saturated rings. The van der Waals surface area contributed by atoms with Crippen LogP contribution in [0, 0.1) is 5.82 Å². The van der Waals surface area contributed by atoms with Gasteiger partial charge in [0.2, 0.25) is 0 Å². The van der Waals surface area contributed by atoms with Gasteiger partial charge in [0.25, 0.3) is 0 Å². The second-order valence-electron chi connectivity index (χ2n) is 5.62. The van der Waals surface area contributed by atoms with Crippen LogP contribution in [0.4, 0.5) is 17.6 Å². The maximum absolute atomic E-state index is 13.5. The van der Waals surface area contributed by atoms with Crippen molar-refractivity contribution in [3.05, 3.63) is 35.1 Å². The molecule has 1 aromatic carbocycles. The van der Waals surface area contributed by atoms with Crippen LogP contribution in [-0.2, 0) is 11.8 Å². The lowest BCUT2D eigenvalue weighted by atomic mass is 9.85. The Bertz CT molecular complexity index is 516. The summed E-state index contributed by atoms with van der Waals surface area (Å²) in [4.78, 5) is 0. The average Bonchev–Trinajstić information content (AvgIpc) is 2.67. The zero-order valence-corrected chi connectivity index (χ0v) is 11.4. The molecule has 0 saturated carbocycles. The SMILES string of the molecule is OC1(c2cc(F)cc(C(F)(F)F)c2)CC2CCC(C1)S2. The van der Waals surface area contributed by atoms with Crippen molar-refractivity contribution in [3.63, 3.8) is 0 Å². The van der Waals surface area contributed by atoms with Crippen molar-refractivity contribution in [2.24, 2.45) is 0 Å². The van der Waals surface area contributed by atoms with Gasteiger partial charge in [-0.1, -0.05) is 0 Å². The number of aliphatic hydroxyl groups is 1. The summed E-state index contributed by atoms with van der Waals surface area (Å²) < 4.78 is 51.7. The van der Waals surface area contributed by atoms with Gasteiger partial charge in [0, 0.05) is 10.5 Å². The van der Waals surface area contributed by atoms with Crippen molar-refractivity contribution < 1.29 is 22.7 Å². The lowest BCUT2D eigenvalue weighted by Crippen LogP contribution is -2.35. The van der Waals surface area contributed by atoms with Crippen molar-refractivity contribution in [1.29, 1.82) is 0 Å². The summed E-state index contributed by atoms with van der Waals surface area (Å²) >= 11 is 1.79. The van der Waals surface area contributed by atoms with E-state index < -0.39 is 23.2 Å². The summed E-state index contributed by atoms with van der Waals surface area (Å²) in [6.45, 7) is 0. The lowest BCUT2D eigenvalue weighted by Gasteiger charge is -2.36. The molecule has 6 heteroatoms. The van der Waals surface area contributed by atoms with Gasteiger partial charge in [-0.25, -0.2) is 4.39 Å². The number of fused-ring (bicyclic) bond motifs is 2. The Morgan fingerprint density at radius 2 is 1.70 bits per heavy atom. The second kappa shape index (κ2) is 4.63. The molecular formula is C14H14F4OS. The van der Waals surface area contributed by atoms with Gasteiger partial charge in [0.1, 0.15) is 5.82 Å². The first kappa shape index (κ1) is 14.2. The van der Waals surface area contributed by atoms with E-state index in [0.29, 0.717) is 18.9 Å². The van der Waals surface area contributed by atoms with Crippen LogP contribution in [0.3, 0.4) is 0 Å². The third-order valence-electron chi connectivity index (χ3n) is 4.09. The number of thioether (sulfide) groups is 1. The first-order chi connectivity index (χ1) is 9.26. The van der Waals surface area contributed by atoms with E-state index in [9.17, 15) is 22.7 Å². The monoisotopic (exact) mass is 306 g/mol. The van der Waals surface area contributed by atoms with Crippen molar-refractivity contribution in [2.75, 3.05) is 0 Å². The zero-order valence-electron chi connectivity index (χ0n) is 10.6. The maximum atomic E-state index is 13.5. The van der Waals surface area contributed by atoms with Crippen LogP contribution >= 0.6 is 11.8 Å². The van der Waals surface area contributed by atoms with Crippen LogP contribution in [0.2, 0.25) is 0 Å². The van der Waals surface area contributed by atoms with E-state index in [4.69, 9.17) is 0 Å². The first-order valence-electron chi connectivity index (χ1n) is 6.52. The number of benzene rings is 1. The van der Waals surface area contributed by atoms with Gasteiger partial charge in [0.05, 0.1) is 11.2 Å². The summed E-state index contributed by atoms with van der Waals surface area (Å²) in [5, 5.41) is 11.2. The molecule has 1 nitrogen and oxygen atoms in total. The quantitative estimate of drug-likeness (QED) is 0.789. The fourth-order valence-electron chi connectivity index (χ4n) is 3.17. The molecule has 2 heterocycles. The predicted molar refractivity (Wildman–Crippen MR) is 68.9 cm³/mol. The standard InChI is InChI=1S/C14H14F4OS/c15-10-4-8(3-9(5-10)14(16,17)18)13(19)6-11-1-2-12(7-13)20-11/h3-5,11-12,19H,1-2,6-7H2. The van der Waals surface area contributed by atoms with E-state index >= 15 is 0 Å². The molecule has 3 rings (SSSR count). The number of hydrogen-bond acceptors (Lipinski definition) is 2. The molecule has 0 spiro atoms. The molecule has 20 heavy (non-hydrogen) atoms. The minimum absolute atomic E-state index is 0.0574. The van der Waals surface area contributed by atoms with Crippen LogP contribution in [0.5, 0.6) is 0 Å². The highest BCUT2D eigenvalue weighted by molar-refractivity contribution is 8.00.